The van der Waals surface area contributed by atoms with Gasteiger partial charge in [-0.2, -0.15) is 0 Å². The van der Waals surface area contributed by atoms with Crippen molar-refractivity contribution in [3.8, 4) is 0 Å². The Hall–Kier alpha value is -0.700. The van der Waals surface area contributed by atoms with Gasteiger partial charge in [-0.15, -0.1) is 0 Å². The van der Waals surface area contributed by atoms with Crippen molar-refractivity contribution in [2.45, 2.75) is 12.8 Å². The Bertz CT molecular complexity index is 407. The molecule has 0 aromatic rings. The minimum absolute atomic E-state index is 0.0237. The summed E-state index contributed by atoms with van der Waals surface area (Å²) < 4.78 is 38.2. The fraction of sp³-hybridized carbons (Fsp3) is 0.923. The molecule has 1 aliphatic rings. The summed E-state index contributed by atoms with van der Waals surface area (Å²) in [6.07, 6.45) is 0.757. The maximum Gasteiger partial charge on any atom is 0.306 e. The number of rotatable bonds is 11. The largest absolute Gasteiger partial charge is 0.481 e. The van der Waals surface area contributed by atoms with Gasteiger partial charge in [-0.3, -0.25) is 4.79 Å². The average molecular weight is 324 g/mol. The van der Waals surface area contributed by atoms with Gasteiger partial charge in [0.1, 0.15) is 0 Å². The Balaban J connectivity index is 2.19. The van der Waals surface area contributed by atoms with E-state index in [-0.39, 0.29) is 17.4 Å². The quantitative estimate of drug-likeness (QED) is 0.542. The van der Waals surface area contributed by atoms with E-state index in [4.69, 9.17) is 14.2 Å². The predicted molar refractivity (Wildman–Crippen MR) is 76.0 cm³/mol. The van der Waals surface area contributed by atoms with Crippen LogP contribution in [0, 0.1) is 11.8 Å². The first-order valence-electron chi connectivity index (χ1n) is 7.04. The zero-order valence-electron chi connectivity index (χ0n) is 12.3. The number of carbonyl (C=O) groups is 1. The molecule has 1 N–H and O–H groups in total. The minimum atomic E-state index is -3.06. The van der Waals surface area contributed by atoms with Crippen molar-refractivity contribution in [2.75, 3.05) is 51.6 Å². The third-order valence-electron chi connectivity index (χ3n) is 3.53. The molecular weight excluding hydrogens is 300 g/mol. The third-order valence-corrected chi connectivity index (χ3v) is 5.32. The molecular formula is C13H24O7S. The maximum absolute atomic E-state index is 11.4. The molecule has 1 rings (SSSR count). The normalized spacial score (nSPS) is 22.2. The standard InChI is InChI=1S/C13H24O7S/c1-18-5-6-20-8-7-19-4-2-12(13(14)15)11-3-9-21(16,17)10-11/h11-12H,2-10H2,1H3,(H,14,15). The second kappa shape index (κ2) is 9.34. The van der Waals surface area contributed by atoms with Crippen molar-refractivity contribution in [1.29, 1.82) is 0 Å². The van der Waals surface area contributed by atoms with E-state index in [0.29, 0.717) is 45.9 Å². The Morgan fingerprint density at radius 3 is 2.33 bits per heavy atom. The summed E-state index contributed by atoms with van der Waals surface area (Å²) in [4.78, 5) is 11.2. The van der Waals surface area contributed by atoms with Gasteiger partial charge in [-0.05, 0) is 18.8 Å². The van der Waals surface area contributed by atoms with E-state index in [1.807, 2.05) is 0 Å². The lowest BCUT2D eigenvalue weighted by molar-refractivity contribution is -0.144. The zero-order valence-corrected chi connectivity index (χ0v) is 13.1. The molecule has 1 heterocycles. The molecule has 0 aromatic heterocycles. The van der Waals surface area contributed by atoms with E-state index in [1.165, 1.54) is 0 Å². The molecule has 0 saturated carbocycles. The highest BCUT2D eigenvalue weighted by molar-refractivity contribution is 7.91. The van der Waals surface area contributed by atoms with E-state index >= 15 is 0 Å². The van der Waals surface area contributed by atoms with Crippen molar-refractivity contribution < 1.29 is 32.5 Å². The molecule has 2 unspecified atom stereocenters. The number of ether oxygens (including phenoxy) is 3. The lowest BCUT2D eigenvalue weighted by Crippen LogP contribution is -2.26. The molecule has 1 aliphatic heterocycles. The van der Waals surface area contributed by atoms with Gasteiger partial charge in [0.25, 0.3) is 0 Å². The molecule has 2 atom stereocenters. The molecule has 1 fully saturated rings. The third kappa shape index (κ3) is 7.21. The van der Waals surface area contributed by atoms with Gasteiger partial charge in [-0.1, -0.05) is 0 Å². The minimum Gasteiger partial charge on any atom is -0.481 e. The molecule has 0 aromatic carbocycles. The molecule has 7 nitrogen and oxygen atoms in total. The van der Waals surface area contributed by atoms with Crippen LogP contribution in [-0.4, -0.2) is 71.1 Å². The molecule has 1 saturated heterocycles. The SMILES string of the molecule is COCCOCCOCCC(C(=O)O)C1CCS(=O)(=O)C1. The lowest BCUT2D eigenvalue weighted by Gasteiger charge is -2.18. The molecule has 0 aliphatic carbocycles. The monoisotopic (exact) mass is 324 g/mol. The number of aliphatic carboxylic acids is 1. The number of hydrogen-bond acceptors (Lipinski definition) is 6. The number of methoxy groups -OCH3 is 1. The molecule has 0 bridgehead atoms. The molecule has 0 amide bonds. The van der Waals surface area contributed by atoms with Crippen LogP contribution in [0.4, 0.5) is 0 Å². The predicted octanol–water partition coefficient (Wildman–Crippen LogP) is 0.192. The second-order valence-corrected chi connectivity index (χ2v) is 7.34. The summed E-state index contributed by atoms with van der Waals surface area (Å²) in [5.74, 6) is -1.83. The highest BCUT2D eigenvalue weighted by atomic mass is 32.2. The van der Waals surface area contributed by atoms with Gasteiger partial charge >= 0.3 is 5.97 Å². The van der Waals surface area contributed by atoms with Crippen LogP contribution in [-0.2, 0) is 28.8 Å². The van der Waals surface area contributed by atoms with Gasteiger partial charge in [0, 0.05) is 13.7 Å². The Kier molecular flexibility index (Phi) is 8.16. The van der Waals surface area contributed by atoms with E-state index in [2.05, 4.69) is 0 Å². The Morgan fingerprint density at radius 2 is 1.81 bits per heavy atom. The number of sulfone groups is 1. The van der Waals surface area contributed by atoms with E-state index in [1.54, 1.807) is 7.11 Å². The summed E-state index contributed by atoms with van der Waals surface area (Å²) >= 11 is 0. The first-order chi connectivity index (χ1) is 9.96. The molecule has 0 radical (unpaired) electrons. The molecule has 8 heteroatoms. The van der Waals surface area contributed by atoms with Gasteiger partial charge in [0.15, 0.2) is 9.84 Å². The maximum atomic E-state index is 11.4. The summed E-state index contributed by atoms with van der Waals surface area (Å²) in [7, 11) is -1.47. The fourth-order valence-electron chi connectivity index (χ4n) is 2.38. The first-order valence-corrected chi connectivity index (χ1v) is 8.86. The number of hydrogen-bond donors (Lipinski definition) is 1. The van der Waals surface area contributed by atoms with Crippen molar-refractivity contribution in [3.05, 3.63) is 0 Å². The first kappa shape index (κ1) is 18.3. The van der Waals surface area contributed by atoms with Gasteiger partial charge < -0.3 is 19.3 Å². The van der Waals surface area contributed by atoms with Crippen LogP contribution in [0.3, 0.4) is 0 Å². The highest BCUT2D eigenvalue weighted by Gasteiger charge is 2.36. The van der Waals surface area contributed by atoms with Crippen molar-refractivity contribution in [2.24, 2.45) is 11.8 Å². The fourth-order valence-corrected chi connectivity index (χ4v) is 4.26. The smallest absolute Gasteiger partial charge is 0.306 e. The van der Waals surface area contributed by atoms with Gasteiger partial charge in [0.05, 0.1) is 43.9 Å². The van der Waals surface area contributed by atoms with Crippen LogP contribution >= 0.6 is 0 Å². The van der Waals surface area contributed by atoms with Gasteiger partial charge in [0.2, 0.25) is 0 Å². The summed E-state index contributed by atoms with van der Waals surface area (Å²) in [6, 6.07) is 0. The molecule has 124 valence electrons. The highest BCUT2D eigenvalue weighted by Crippen LogP contribution is 2.28. The van der Waals surface area contributed by atoms with E-state index < -0.39 is 21.7 Å². The molecule has 21 heavy (non-hydrogen) atoms. The van der Waals surface area contributed by atoms with Crippen molar-refractivity contribution in [3.63, 3.8) is 0 Å². The lowest BCUT2D eigenvalue weighted by atomic mass is 9.89. The average Bonchev–Trinajstić information content (AvgIpc) is 2.76. The van der Waals surface area contributed by atoms with Crippen LogP contribution in [0.2, 0.25) is 0 Å². The van der Waals surface area contributed by atoms with E-state index in [9.17, 15) is 18.3 Å². The Labute approximate surface area is 125 Å². The van der Waals surface area contributed by atoms with Crippen molar-refractivity contribution >= 4 is 15.8 Å². The van der Waals surface area contributed by atoms with Crippen molar-refractivity contribution in [1.82, 2.24) is 0 Å². The summed E-state index contributed by atoms with van der Waals surface area (Å²) in [5.41, 5.74) is 0. The number of carboxylic acid groups (broad SMARTS) is 1. The van der Waals surface area contributed by atoms with E-state index in [0.717, 1.165) is 0 Å². The molecule has 0 spiro atoms. The Morgan fingerprint density at radius 1 is 1.19 bits per heavy atom. The topological polar surface area (TPSA) is 99.1 Å². The van der Waals surface area contributed by atoms with Crippen LogP contribution in [0.15, 0.2) is 0 Å². The summed E-state index contributed by atoms with van der Waals surface area (Å²) in [6.45, 7) is 2.13. The van der Waals surface area contributed by atoms with Crippen LogP contribution in [0.5, 0.6) is 0 Å². The summed E-state index contributed by atoms with van der Waals surface area (Å²) in [5, 5.41) is 9.21. The number of carboxylic acids is 1. The van der Waals surface area contributed by atoms with Crippen LogP contribution in [0.25, 0.3) is 0 Å². The second-order valence-electron chi connectivity index (χ2n) is 5.11. The zero-order chi connectivity index (χ0) is 15.7. The van der Waals surface area contributed by atoms with Crippen LogP contribution in [0.1, 0.15) is 12.8 Å². The van der Waals surface area contributed by atoms with Gasteiger partial charge in [-0.25, -0.2) is 8.42 Å². The van der Waals surface area contributed by atoms with Crippen LogP contribution < -0.4 is 0 Å².